The fraction of sp³-hybridized carbons (Fsp3) is 0.385. The van der Waals surface area contributed by atoms with Crippen LogP contribution in [0.2, 0.25) is 0 Å². The molecule has 0 aliphatic heterocycles. The molecular weight excluding hydrogens is 464 g/mol. The summed E-state index contributed by atoms with van der Waals surface area (Å²) in [5.74, 6) is 2.13. The van der Waals surface area contributed by atoms with Crippen LogP contribution in [0.4, 0.5) is 17.2 Å². The van der Waals surface area contributed by atoms with Crippen LogP contribution in [0, 0.1) is 0 Å². The van der Waals surface area contributed by atoms with Gasteiger partial charge in [-0.2, -0.15) is 0 Å². The number of anilines is 3. The van der Waals surface area contributed by atoms with Crippen LogP contribution in [0.25, 0.3) is 0 Å². The maximum absolute atomic E-state index is 11.4. The lowest BCUT2D eigenvalue weighted by atomic mass is 10.2. The SMILES string of the molecule is COc1ccc(N(Cc2cccnc2)c2ccc(NCCS(C)(=O)=O)nc2)cc1OC1CCCC1. The van der Waals surface area contributed by atoms with E-state index in [0.717, 1.165) is 35.5 Å². The van der Waals surface area contributed by atoms with Crippen molar-refractivity contribution in [2.24, 2.45) is 0 Å². The van der Waals surface area contributed by atoms with E-state index in [9.17, 15) is 8.42 Å². The molecule has 186 valence electrons. The van der Waals surface area contributed by atoms with Gasteiger partial charge in [0.2, 0.25) is 0 Å². The first-order valence-corrected chi connectivity index (χ1v) is 13.9. The third-order valence-corrected chi connectivity index (χ3v) is 6.90. The van der Waals surface area contributed by atoms with Crippen molar-refractivity contribution in [1.29, 1.82) is 0 Å². The number of rotatable bonds is 11. The average Bonchev–Trinajstić information content (AvgIpc) is 3.36. The summed E-state index contributed by atoms with van der Waals surface area (Å²) in [6.07, 6.45) is 11.3. The van der Waals surface area contributed by atoms with Crippen molar-refractivity contribution in [3.63, 3.8) is 0 Å². The zero-order valence-corrected chi connectivity index (χ0v) is 21.0. The molecular formula is C26H32N4O4S. The monoisotopic (exact) mass is 496 g/mol. The molecule has 4 rings (SSSR count). The van der Waals surface area contributed by atoms with E-state index in [-0.39, 0.29) is 11.9 Å². The first-order valence-electron chi connectivity index (χ1n) is 11.8. The van der Waals surface area contributed by atoms with Gasteiger partial charge in [-0.1, -0.05) is 6.07 Å². The summed E-state index contributed by atoms with van der Waals surface area (Å²) < 4.78 is 34.7. The maximum atomic E-state index is 11.4. The molecule has 35 heavy (non-hydrogen) atoms. The molecule has 0 amide bonds. The summed E-state index contributed by atoms with van der Waals surface area (Å²) in [5.41, 5.74) is 2.89. The lowest BCUT2D eigenvalue weighted by molar-refractivity contribution is 0.201. The van der Waals surface area contributed by atoms with Gasteiger partial charge in [-0.05, 0) is 61.6 Å². The topological polar surface area (TPSA) is 93.7 Å². The fourth-order valence-corrected chi connectivity index (χ4v) is 4.60. The molecule has 1 fully saturated rings. The Labute approximate surface area is 207 Å². The van der Waals surface area contributed by atoms with Crippen LogP contribution >= 0.6 is 0 Å². The van der Waals surface area contributed by atoms with Crippen LogP contribution in [0.5, 0.6) is 11.5 Å². The third kappa shape index (κ3) is 7.08. The predicted molar refractivity (Wildman–Crippen MR) is 138 cm³/mol. The number of methoxy groups -OCH3 is 1. The predicted octanol–water partition coefficient (Wildman–Crippen LogP) is 4.60. The minimum Gasteiger partial charge on any atom is -0.493 e. The van der Waals surface area contributed by atoms with Crippen molar-refractivity contribution in [2.45, 2.75) is 38.3 Å². The second-order valence-corrected chi connectivity index (χ2v) is 11.0. The van der Waals surface area contributed by atoms with E-state index in [1.165, 1.54) is 19.1 Å². The molecule has 3 aromatic rings. The maximum Gasteiger partial charge on any atom is 0.163 e. The quantitative estimate of drug-likeness (QED) is 0.412. The van der Waals surface area contributed by atoms with Crippen LogP contribution in [0.1, 0.15) is 31.2 Å². The third-order valence-electron chi connectivity index (χ3n) is 5.96. The minimum absolute atomic E-state index is 0.0547. The molecule has 0 spiro atoms. The largest absolute Gasteiger partial charge is 0.493 e. The summed E-state index contributed by atoms with van der Waals surface area (Å²) in [4.78, 5) is 10.9. The zero-order valence-electron chi connectivity index (χ0n) is 20.2. The highest BCUT2D eigenvalue weighted by Crippen LogP contribution is 2.37. The van der Waals surface area contributed by atoms with E-state index >= 15 is 0 Å². The molecule has 2 heterocycles. The van der Waals surface area contributed by atoms with E-state index in [2.05, 4.69) is 20.2 Å². The first-order chi connectivity index (χ1) is 16.9. The van der Waals surface area contributed by atoms with E-state index in [1.54, 1.807) is 19.5 Å². The number of nitrogens with one attached hydrogen (secondary N) is 1. The van der Waals surface area contributed by atoms with Crippen LogP contribution in [0.15, 0.2) is 61.1 Å². The van der Waals surface area contributed by atoms with Gasteiger partial charge in [-0.3, -0.25) is 4.98 Å². The zero-order chi connectivity index (χ0) is 24.7. The van der Waals surface area contributed by atoms with E-state index < -0.39 is 9.84 Å². The first kappa shape index (κ1) is 24.8. The van der Waals surface area contributed by atoms with Crippen LogP contribution in [0.3, 0.4) is 0 Å². The molecule has 0 unspecified atom stereocenters. The second kappa shape index (κ2) is 11.4. The molecule has 1 aliphatic carbocycles. The number of pyridine rings is 2. The number of nitrogens with zero attached hydrogens (tertiary/aromatic N) is 3. The van der Waals surface area contributed by atoms with Gasteiger partial charge in [0.25, 0.3) is 0 Å². The van der Waals surface area contributed by atoms with Gasteiger partial charge in [-0.25, -0.2) is 13.4 Å². The molecule has 0 bridgehead atoms. The Kier molecular flexibility index (Phi) is 8.07. The molecule has 0 atom stereocenters. The summed E-state index contributed by atoms with van der Waals surface area (Å²) in [6.45, 7) is 0.899. The smallest absolute Gasteiger partial charge is 0.163 e. The Balaban J connectivity index is 1.60. The molecule has 1 saturated carbocycles. The van der Waals surface area contributed by atoms with Crippen molar-refractivity contribution in [3.05, 3.63) is 66.6 Å². The molecule has 0 saturated heterocycles. The minimum atomic E-state index is -3.03. The van der Waals surface area contributed by atoms with Crippen molar-refractivity contribution >= 4 is 27.0 Å². The number of benzene rings is 1. The Morgan fingerprint density at radius 2 is 1.86 bits per heavy atom. The summed E-state index contributed by atoms with van der Waals surface area (Å²) in [6, 6.07) is 13.7. The second-order valence-electron chi connectivity index (χ2n) is 8.77. The molecule has 1 N–H and O–H groups in total. The Hall–Kier alpha value is -3.33. The number of sulfone groups is 1. The van der Waals surface area contributed by atoms with Crippen molar-refractivity contribution < 1.29 is 17.9 Å². The van der Waals surface area contributed by atoms with Gasteiger partial charge < -0.3 is 19.7 Å². The van der Waals surface area contributed by atoms with Crippen LogP contribution in [-0.4, -0.2) is 50.2 Å². The fourth-order valence-electron chi connectivity index (χ4n) is 4.13. The molecule has 2 aromatic heterocycles. The van der Waals surface area contributed by atoms with Gasteiger partial charge in [0.05, 0.1) is 30.9 Å². The Bertz CT molecular complexity index is 1200. The molecule has 1 aliphatic rings. The van der Waals surface area contributed by atoms with Crippen molar-refractivity contribution in [3.8, 4) is 11.5 Å². The van der Waals surface area contributed by atoms with Gasteiger partial charge in [0.15, 0.2) is 11.5 Å². The van der Waals surface area contributed by atoms with E-state index in [0.29, 0.717) is 24.7 Å². The number of aromatic nitrogens is 2. The highest BCUT2D eigenvalue weighted by Gasteiger charge is 2.20. The van der Waals surface area contributed by atoms with E-state index in [1.807, 2.05) is 48.7 Å². The van der Waals surface area contributed by atoms with Crippen LogP contribution < -0.4 is 19.7 Å². The molecule has 1 aromatic carbocycles. The van der Waals surface area contributed by atoms with Crippen LogP contribution in [-0.2, 0) is 16.4 Å². The average molecular weight is 497 g/mol. The normalized spacial score (nSPS) is 14.0. The van der Waals surface area contributed by atoms with Gasteiger partial charge in [0.1, 0.15) is 15.7 Å². The number of ether oxygens (including phenoxy) is 2. The molecule has 8 nitrogen and oxygen atoms in total. The highest BCUT2D eigenvalue weighted by atomic mass is 32.2. The lowest BCUT2D eigenvalue weighted by Crippen LogP contribution is -2.18. The highest BCUT2D eigenvalue weighted by molar-refractivity contribution is 7.90. The molecule has 9 heteroatoms. The van der Waals surface area contributed by atoms with Crippen molar-refractivity contribution in [2.75, 3.05) is 35.9 Å². The van der Waals surface area contributed by atoms with Gasteiger partial charge >= 0.3 is 0 Å². The standard InChI is InChI=1S/C26H32N4O4S/c1-33-24-11-9-21(16-25(24)34-23-7-3-4-8-23)30(19-20-6-5-13-27-17-20)22-10-12-26(29-18-22)28-14-15-35(2,31)32/h5-6,9-13,16-18,23H,3-4,7-8,14-15,19H2,1-2H3,(H,28,29). The number of hydrogen-bond acceptors (Lipinski definition) is 8. The summed E-state index contributed by atoms with van der Waals surface area (Å²) >= 11 is 0. The Morgan fingerprint density at radius 3 is 2.51 bits per heavy atom. The van der Waals surface area contributed by atoms with E-state index in [4.69, 9.17) is 9.47 Å². The molecule has 0 radical (unpaired) electrons. The summed E-state index contributed by atoms with van der Waals surface area (Å²) in [7, 11) is -1.38. The van der Waals surface area contributed by atoms with Gasteiger partial charge in [0, 0.05) is 43.5 Å². The van der Waals surface area contributed by atoms with Crippen molar-refractivity contribution in [1.82, 2.24) is 9.97 Å². The summed E-state index contributed by atoms with van der Waals surface area (Å²) in [5, 5.41) is 3.07. The van der Waals surface area contributed by atoms with Gasteiger partial charge in [-0.15, -0.1) is 0 Å². The lowest BCUT2D eigenvalue weighted by Gasteiger charge is -2.26. The number of hydrogen-bond donors (Lipinski definition) is 1. The Morgan fingerprint density at radius 1 is 1.06 bits per heavy atom.